The molecule has 0 fully saturated rings. The van der Waals surface area contributed by atoms with E-state index in [1.807, 2.05) is 6.08 Å². The molecule has 0 amide bonds. The fraction of sp³-hybridized carbons (Fsp3) is 0.0741. The molecule has 2 aromatic heterocycles. The molecule has 0 saturated carbocycles. The van der Waals surface area contributed by atoms with Gasteiger partial charge in [-0.2, -0.15) is 0 Å². The van der Waals surface area contributed by atoms with Crippen molar-refractivity contribution in [3.8, 4) is 78.1 Å². The summed E-state index contributed by atoms with van der Waals surface area (Å²) in [6, 6.07) is 139. The summed E-state index contributed by atoms with van der Waals surface area (Å²) < 4.78 is 4.93. The first-order valence-corrected chi connectivity index (χ1v) is 39.4. The van der Waals surface area contributed by atoms with Gasteiger partial charge in [0.05, 0.1) is 22.1 Å². The van der Waals surface area contributed by atoms with Gasteiger partial charge in [-0.05, 0) is 259 Å². The minimum Gasteiger partial charge on any atom is -0.314 e. The van der Waals surface area contributed by atoms with E-state index >= 15 is 0 Å². The Balaban J connectivity index is 0.746. The van der Waals surface area contributed by atoms with Crippen LogP contribution in [0.5, 0.6) is 0 Å². The molecule has 0 saturated heterocycles. The minimum atomic E-state index is -0.268. The molecule has 18 aromatic rings. The Morgan fingerprint density at radius 3 is 1.16 bits per heavy atom. The molecule has 0 spiro atoms. The van der Waals surface area contributed by atoms with Gasteiger partial charge in [-0.25, -0.2) is 0 Å². The second-order valence-electron chi connectivity index (χ2n) is 29.9. The zero-order valence-corrected chi connectivity index (χ0v) is 63.4. The van der Waals surface area contributed by atoms with E-state index in [1.165, 1.54) is 110 Å². The van der Waals surface area contributed by atoms with Gasteiger partial charge in [0.25, 0.3) is 0 Å². The molecule has 0 unspecified atom stereocenters. The summed E-state index contributed by atoms with van der Waals surface area (Å²) in [5.74, 6) is 0. The largest absolute Gasteiger partial charge is 0.314 e. The number of rotatable bonds is 20. The quantitative estimate of drug-likeness (QED) is 0.0707. The standard InChI is InChI=1S/C108H84N4/c1-5-62-108(63-6-2)102-70-88-64-94(110(89-53-46-82(47-54-89)77-30-16-9-17-31-77)91-41-27-43-93(72-91)112-106-60-51-85(80-36-22-12-23-37-80)68-100(106)101-69-86(52-61-107(101)112)81-38-24-13-25-39-81)55-48-87(88)65-97(102)96-57-56-95(73-103(96)108)109(74(4)44-45-75(7-3)76-28-14-8-15-29-76)90-40-26-42-92(71-90)111-104-58-49-83(78-32-18-10-19-33-78)66-98(104)99-67-84(50-59-105(99)111)79-34-20-11-21-35-79/h7-61,64-73H,3,5-6,62-63H2,1-2,4H3/b74-44+,75-45+. The lowest BCUT2D eigenvalue weighted by Gasteiger charge is -2.34. The summed E-state index contributed by atoms with van der Waals surface area (Å²) in [6.07, 6.45) is 10.5. The molecule has 2 heterocycles. The van der Waals surface area contributed by atoms with Crippen LogP contribution in [-0.4, -0.2) is 9.13 Å². The van der Waals surface area contributed by atoms with Crippen molar-refractivity contribution in [2.75, 3.05) is 9.80 Å². The molecule has 0 atom stereocenters. The fourth-order valence-corrected chi connectivity index (χ4v) is 18.0. The zero-order chi connectivity index (χ0) is 75.2. The van der Waals surface area contributed by atoms with E-state index in [2.05, 4.69) is 435 Å². The highest BCUT2D eigenvalue weighted by Crippen LogP contribution is 2.57. The van der Waals surface area contributed by atoms with Crippen LogP contribution in [0.25, 0.3) is 138 Å². The van der Waals surface area contributed by atoms with Crippen LogP contribution < -0.4 is 9.80 Å². The van der Waals surface area contributed by atoms with Crippen LogP contribution in [0.1, 0.15) is 63.1 Å². The van der Waals surface area contributed by atoms with Gasteiger partial charge in [-0.1, -0.05) is 288 Å². The minimum absolute atomic E-state index is 0.268. The highest BCUT2D eigenvalue weighted by atomic mass is 15.2. The number of anilines is 5. The molecule has 0 bridgehead atoms. The molecule has 19 rings (SSSR count). The molecule has 0 aliphatic heterocycles. The molecule has 112 heavy (non-hydrogen) atoms. The predicted octanol–water partition coefficient (Wildman–Crippen LogP) is 30.0. The SMILES string of the molecule is C=C/C(=C\C=C(/C)N(c1cccc(-n2c3ccc(-c4ccccc4)cc3c3cc(-c4ccccc4)ccc32)c1)c1ccc2c(c1)C(CCC)(CCC)c1cc3cc(N(c4ccc(-c5ccccc5)cc4)c4cccc(-n5c6ccc(-c7ccccc7)cc6c6cc(-c7ccccc7)ccc65)c4)ccc3cc1-2)c1ccccc1. The van der Waals surface area contributed by atoms with Crippen LogP contribution in [-0.2, 0) is 5.41 Å². The lowest BCUT2D eigenvalue weighted by molar-refractivity contribution is 0.436. The van der Waals surface area contributed by atoms with E-state index in [0.717, 1.165) is 104 Å². The monoisotopic (exact) mass is 1440 g/mol. The third-order valence-corrected chi connectivity index (χ3v) is 23.2. The van der Waals surface area contributed by atoms with Gasteiger partial charge >= 0.3 is 0 Å². The maximum Gasteiger partial charge on any atom is 0.0541 e. The van der Waals surface area contributed by atoms with Gasteiger partial charge in [-0.15, -0.1) is 0 Å². The Morgan fingerprint density at radius 2 is 0.696 bits per heavy atom. The first-order chi connectivity index (χ1) is 55.3. The third kappa shape index (κ3) is 12.4. The van der Waals surface area contributed by atoms with Gasteiger partial charge < -0.3 is 18.9 Å². The van der Waals surface area contributed by atoms with Gasteiger partial charge in [0.15, 0.2) is 0 Å². The Bertz CT molecular complexity index is 6450. The summed E-state index contributed by atoms with van der Waals surface area (Å²) in [7, 11) is 0. The summed E-state index contributed by atoms with van der Waals surface area (Å²) in [5.41, 5.74) is 32.5. The number of benzene rings is 16. The zero-order valence-electron chi connectivity index (χ0n) is 63.4. The first kappa shape index (κ1) is 68.7. The topological polar surface area (TPSA) is 16.3 Å². The molecular weight excluding hydrogens is 1350 g/mol. The first-order valence-electron chi connectivity index (χ1n) is 39.4. The molecule has 1 aliphatic rings. The second-order valence-corrected chi connectivity index (χ2v) is 29.9. The molecular formula is C108H84N4. The Kier molecular flexibility index (Phi) is 18.0. The summed E-state index contributed by atoms with van der Waals surface area (Å²) >= 11 is 0. The summed E-state index contributed by atoms with van der Waals surface area (Å²) in [6.45, 7) is 11.3. The van der Waals surface area contributed by atoms with Crippen molar-refractivity contribution < 1.29 is 0 Å². The highest BCUT2D eigenvalue weighted by Gasteiger charge is 2.43. The van der Waals surface area contributed by atoms with Crippen molar-refractivity contribution in [1.82, 2.24) is 9.13 Å². The van der Waals surface area contributed by atoms with E-state index in [4.69, 9.17) is 0 Å². The Morgan fingerprint density at radius 1 is 0.312 bits per heavy atom. The van der Waals surface area contributed by atoms with Gasteiger partial charge in [0, 0.05) is 72.5 Å². The number of allylic oxidation sites excluding steroid dienone is 5. The fourth-order valence-electron chi connectivity index (χ4n) is 18.0. The van der Waals surface area contributed by atoms with Crippen molar-refractivity contribution in [1.29, 1.82) is 0 Å². The Labute approximate surface area is 656 Å². The van der Waals surface area contributed by atoms with Crippen LogP contribution in [0.3, 0.4) is 0 Å². The average Bonchev–Trinajstić information content (AvgIpc) is 1.59. The molecule has 536 valence electrons. The van der Waals surface area contributed by atoms with Crippen molar-refractivity contribution in [2.24, 2.45) is 0 Å². The van der Waals surface area contributed by atoms with Crippen LogP contribution >= 0.6 is 0 Å². The molecule has 4 nitrogen and oxygen atoms in total. The average molecular weight is 1440 g/mol. The highest BCUT2D eigenvalue weighted by molar-refractivity contribution is 6.13. The second kappa shape index (κ2) is 29.3. The number of nitrogens with zero attached hydrogens (tertiary/aromatic N) is 4. The number of hydrogen-bond acceptors (Lipinski definition) is 2. The number of fused-ring (bicyclic) bond motifs is 10. The number of hydrogen-bond donors (Lipinski definition) is 0. The van der Waals surface area contributed by atoms with Gasteiger partial charge in [-0.3, -0.25) is 0 Å². The van der Waals surface area contributed by atoms with Crippen LogP contribution in [0.15, 0.2) is 407 Å². The van der Waals surface area contributed by atoms with E-state index < -0.39 is 0 Å². The van der Waals surface area contributed by atoms with Crippen LogP contribution in [0.4, 0.5) is 28.4 Å². The smallest absolute Gasteiger partial charge is 0.0541 e. The molecule has 16 aromatic carbocycles. The third-order valence-electron chi connectivity index (χ3n) is 23.2. The maximum absolute atomic E-state index is 4.32. The van der Waals surface area contributed by atoms with Crippen molar-refractivity contribution in [3.05, 3.63) is 423 Å². The van der Waals surface area contributed by atoms with E-state index in [-0.39, 0.29) is 5.41 Å². The van der Waals surface area contributed by atoms with Crippen LogP contribution in [0.2, 0.25) is 0 Å². The lowest BCUT2D eigenvalue weighted by atomic mass is 9.71. The summed E-state index contributed by atoms with van der Waals surface area (Å²) in [4.78, 5) is 4.94. The van der Waals surface area contributed by atoms with Gasteiger partial charge in [0.1, 0.15) is 0 Å². The van der Waals surface area contributed by atoms with E-state index in [9.17, 15) is 0 Å². The molecule has 0 radical (unpaired) electrons. The molecule has 1 aliphatic carbocycles. The van der Waals surface area contributed by atoms with E-state index in [0.29, 0.717) is 0 Å². The maximum atomic E-state index is 4.32. The van der Waals surface area contributed by atoms with Crippen molar-refractivity contribution >= 4 is 88.4 Å². The van der Waals surface area contributed by atoms with Crippen molar-refractivity contribution in [3.63, 3.8) is 0 Å². The lowest BCUT2D eigenvalue weighted by Crippen LogP contribution is -2.25. The van der Waals surface area contributed by atoms with E-state index in [1.54, 1.807) is 0 Å². The Hall–Kier alpha value is -13.8. The normalized spacial score (nSPS) is 12.6. The van der Waals surface area contributed by atoms with Crippen LogP contribution in [0, 0.1) is 0 Å². The predicted molar refractivity (Wildman–Crippen MR) is 477 cm³/mol. The van der Waals surface area contributed by atoms with Crippen molar-refractivity contribution in [2.45, 2.75) is 51.9 Å². The molecule has 0 N–H and O–H groups in total. The number of aromatic nitrogens is 2. The summed E-state index contributed by atoms with van der Waals surface area (Å²) in [5, 5.41) is 7.28. The molecule has 4 heteroatoms. The van der Waals surface area contributed by atoms with Gasteiger partial charge in [0.2, 0.25) is 0 Å².